The van der Waals surface area contributed by atoms with Crippen LogP contribution in [-0.4, -0.2) is 0 Å². The van der Waals surface area contributed by atoms with Crippen molar-refractivity contribution in [3.05, 3.63) is 60.7 Å². The van der Waals surface area contributed by atoms with Gasteiger partial charge in [0.15, 0.2) is 0 Å². The van der Waals surface area contributed by atoms with E-state index in [4.69, 9.17) is 0 Å². The van der Waals surface area contributed by atoms with Crippen molar-refractivity contribution in [1.82, 2.24) is 0 Å². The summed E-state index contributed by atoms with van der Waals surface area (Å²) in [5, 5.41) is 2.79. The molecule has 2 aromatic carbocycles. The molecule has 0 aliphatic carbocycles. The number of benzene rings is 2. The van der Waals surface area contributed by atoms with Gasteiger partial charge in [-0.25, -0.2) is 0 Å². The quantitative estimate of drug-likeness (QED) is 0.566. The van der Waals surface area contributed by atoms with Crippen molar-refractivity contribution < 1.29 is 17.1 Å². The Morgan fingerprint density at radius 3 is 1.29 bits per heavy atom. The standard InChI is InChI=1S/C12H11P.Cu/c1-3-7-11(8-4-1)13-12-9-5-2-6-10-12;/h1-10,13H;. The summed E-state index contributed by atoms with van der Waals surface area (Å²) < 4.78 is 0. The summed E-state index contributed by atoms with van der Waals surface area (Å²) in [5.74, 6) is 0. The fraction of sp³-hybridized carbons (Fsp3) is 0. The van der Waals surface area contributed by atoms with Gasteiger partial charge in [0.25, 0.3) is 0 Å². The number of hydrogen-bond donors (Lipinski definition) is 0. The summed E-state index contributed by atoms with van der Waals surface area (Å²) >= 11 is 0. The van der Waals surface area contributed by atoms with Gasteiger partial charge in [-0.05, 0) is 10.6 Å². The Hall–Kier alpha value is -0.611. The zero-order chi connectivity index (χ0) is 8.93. The molecule has 0 spiro atoms. The fourth-order valence-electron chi connectivity index (χ4n) is 1.21. The smallest absolute Gasteiger partial charge is 0 e. The first-order valence-electron chi connectivity index (χ1n) is 4.32. The van der Waals surface area contributed by atoms with Crippen molar-refractivity contribution in [2.24, 2.45) is 0 Å². The molecule has 0 heterocycles. The number of hydrogen-bond acceptors (Lipinski definition) is 0. The van der Waals surface area contributed by atoms with Gasteiger partial charge in [-0.1, -0.05) is 69.2 Å². The summed E-state index contributed by atoms with van der Waals surface area (Å²) in [7, 11) is 0.777. The van der Waals surface area contributed by atoms with E-state index in [1.165, 1.54) is 10.6 Å². The monoisotopic (exact) mass is 249 g/mol. The van der Waals surface area contributed by atoms with Crippen molar-refractivity contribution in [1.29, 1.82) is 0 Å². The first-order chi connectivity index (χ1) is 6.45. The minimum absolute atomic E-state index is 0. The summed E-state index contributed by atoms with van der Waals surface area (Å²) in [6.07, 6.45) is 0. The van der Waals surface area contributed by atoms with Crippen molar-refractivity contribution >= 4 is 19.2 Å². The molecule has 0 aromatic heterocycles. The zero-order valence-corrected chi connectivity index (χ0v) is 9.52. The van der Waals surface area contributed by atoms with E-state index >= 15 is 0 Å². The Bertz CT molecular complexity index is 321. The van der Waals surface area contributed by atoms with Crippen molar-refractivity contribution in [2.45, 2.75) is 0 Å². The Labute approximate surface area is 97.0 Å². The molecule has 0 atom stereocenters. The molecule has 0 N–H and O–H groups in total. The molecule has 0 bridgehead atoms. The van der Waals surface area contributed by atoms with Crippen LogP contribution in [0.2, 0.25) is 0 Å². The SMILES string of the molecule is [Cu].c1ccc(Pc2ccccc2)cc1. The van der Waals surface area contributed by atoms with Gasteiger partial charge in [0.05, 0.1) is 0 Å². The molecule has 0 nitrogen and oxygen atoms in total. The van der Waals surface area contributed by atoms with Gasteiger partial charge in [0, 0.05) is 17.1 Å². The largest absolute Gasteiger partial charge is 0.0622 e. The Balaban J connectivity index is 0.000000980. The molecule has 1 radical (unpaired) electrons. The van der Waals surface area contributed by atoms with Crippen LogP contribution < -0.4 is 10.6 Å². The van der Waals surface area contributed by atoms with Gasteiger partial charge in [0.2, 0.25) is 0 Å². The van der Waals surface area contributed by atoms with Gasteiger partial charge >= 0.3 is 0 Å². The average Bonchev–Trinajstić information content (AvgIpc) is 2.21. The molecule has 0 amide bonds. The summed E-state index contributed by atoms with van der Waals surface area (Å²) in [6, 6.07) is 21.2. The van der Waals surface area contributed by atoms with E-state index in [0.717, 1.165) is 8.58 Å². The first kappa shape index (κ1) is 11.5. The van der Waals surface area contributed by atoms with Crippen LogP contribution in [0, 0.1) is 0 Å². The van der Waals surface area contributed by atoms with Gasteiger partial charge < -0.3 is 0 Å². The van der Waals surface area contributed by atoms with Crippen LogP contribution in [0.1, 0.15) is 0 Å². The van der Waals surface area contributed by atoms with E-state index in [1.54, 1.807) is 0 Å². The summed E-state index contributed by atoms with van der Waals surface area (Å²) in [6.45, 7) is 0. The van der Waals surface area contributed by atoms with Crippen LogP contribution in [0.3, 0.4) is 0 Å². The van der Waals surface area contributed by atoms with Crippen LogP contribution in [0.4, 0.5) is 0 Å². The van der Waals surface area contributed by atoms with E-state index in [-0.39, 0.29) is 17.1 Å². The molecule has 0 fully saturated rings. The van der Waals surface area contributed by atoms with E-state index < -0.39 is 0 Å². The fourth-order valence-corrected chi connectivity index (χ4v) is 2.26. The third kappa shape index (κ3) is 3.27. The normalized spacial score (nSPS) is 9.14. The van der Waals surface area contributed by atoms with E-state index in [0.29, 0.717) is 0 Å². The molecular formula is C12H11CuP. The van der Waals surface area contributed by atoms with Crippen LogP contribution >= 0.6 is 8.58 Å². The van der Waals surface area contributed by atoms with Crippen molar-refractivity contribution in [2.75, 3.05) is 0 Å². The van der Waals surface area contributed by atoms with E-state index in [1.807, 2.05) is 0 Å². The van der Waals surface area contributed by atoms with Crippen LogP contribution in [0.15, 0.2) is 60.7 Å². The molecule has 0 aliphatic rings. The molecule has 0 saturated carbocycles. The maximum Gasteiger partial charge on any atom is 0 e. The molecule has 0 aliphatic heterocycles. The first-order valence-corrected chi connectivity index (χ1v) is 5.32. The minimum atomic E-state index is 0. The van der Waals surface area contributed by atoms with Crippen LogP contribution in [0.5, 0.6) is 0 Å². The average molecular weight is 250 g/mol. The third-order valence-electron chi connectivity index (χ3n) is 1.84. The predicted octanol–water partition coefficient (Wildman–Crippen LogP) is 2.31. The molecule has 2 aromatic rings. The molecular weight excluding hydrogens is 239 g/mol. The maximum atomic E-state index is 2.17. The molecule has 14 heavy (non-hydrogen) atoms. The van der Waals surface area contributed by atoms with Crippen molar-refractivity contribution in [3.63, 3.8) is 0 Å². The van der Waals surface area contributed by atoms with Crippen molar-refractivity contribution in [3.8, 4) is 0 Å². The molecule has 2 heteroatoms. The van der Waals surface area contributed by atoms with Gasteiger partial charge in [0.1, 0.15) is 0 Å². The van der Waals surface area contributed by atoms with Gasteiger partial charge in [-0.15, -0.1) is 0 Å². The predicted molar refractivity (Wildman–Crippen MR) is 60.5 cm³/mol. The Morgan fingerprint density at radius 2 is 0.929 bits per heavy atom. The maximum absolute atomic E-state index is 2.17. The second-order valence-electron chi connectivity index (χ2n) is 2.86. The minimum Gasteiger partial charge on any atom is -0.0622 e. The molecule has 0 unspecified atom stereocenters. The number of rotatable bonds is 2. The second-order valence-corrected chi connectivity index (χ2v) is 4.26. The van der Waals surface area contributed by atoms with Crippen LogP contribution in [-0.2, 0) is 17.1 Å². The molecule has 75 valence electrons. The Morgan fingerprint density at radius 1 is 0.571 bits per heavy atom. The zero-order valence-electron chi connectivity index (χ0n) is 7.58. The Kier molecular flexibility index (Phi) is 4.90. The van der Waals surface area contributed by atoms with Gasteiger partial charge in [-0.2, -0.15) is 0 Å². The van der Waals surface area contributed by atoms with Gasteiger partial charge in [-0.3, -0.25) is 0 Å². The second kappa shape index (κ2) is 5.98. The third-order valence-corrected chi connectivity index (χ3v) is 3.08. The van der Waals surface area contributed by atoms with E-state index in [2.05, 4.69) is 60.7 Å². The molecule has 0 saturated heterocycles. The molecule has 2 rings (SSSR count). The topological polar surface area (TPSA) is 0 Å². The van der Waals surface area contributed by atoms with E-state index in [9.17, 15) is 0 Å². The summed E-state index contributed by atoms with van der Waals surface area (Å²) in [4.78, 5) is 0. The van der Waals surface area contributed by atoms with Crippen LogP contribution in [0.25, 0.3) is 0 Å². The summed E-state index contributed by atoms with van der Waals surface area (Å²) in [5.41, 5.74) is 0.